The topological polar surface area (TPSA) is 38.1 Å². The van der Waals surface area contributed by atoms with Crippen LogP contribution in [0.15, 0.2) is 41.8 Å². The van der Waals surface area contributed by atoms with Gasteiger partial charge in [0.1, 0.15) is 12.4 Å². The third-order valence-electron chi connectivity index (χ3n) is 4.06. The molecule has 0 aliphatic rings. The van der Waals surface area contributed by atoms with E-state index < -0.39 is 0 Å². The van der Waals surface area contributed by atoms with Crippen LogP contribution in [0.2, 0.25) is 0 Å². The summed E-state index contributed by atoms with van der Waals surface area (Å²) in [5, 5.41) is 2.07. The van der Waals surface area contributed by atoms with Crippen LogP contribution in [0.4, 0.5) is 0 Å². The van der Waals surface area contributed by atoms with Crippen molar-refractivity contribution in [2.75, 3.05) is 13.1 Å². The van der Waals surface area contributed by atoms with Crippen LogP contribution in [-0.4, -0.2) is 33.4 Å². The predicted molar refractivity (Wildman–Crippen MR) is 94.8 cm³/mol. The highest BCUT2D eigenvalue weighted by Crippen LogP contribution is 2.20. The first-order valence-corrected chi connectivity index (χ1v) is 8.85. The maximum Gasteiger partial charge on any atom is 0.242 e. The Bertz CT molecular complexity index is 788. The van der Waals surface area contributed by atoms with Crippen molar-refractivity contribution in [1.29, 1.82) is 0 Å². The van der Waals surface area contributed by atoms with Gasteiger partial charge in [-0.05, 0) is 37.4 Å². The third kappa shape index (κ3) is 3.29. The quantitative estimate of drug-likeness (QED) is 0.694. The fourth-order valence-electron chi connectivity index (χ4n) is 2.82. The van der Waals surface area contributed by atoms with Gasteiger partial charge in [0.25, 0.3) is 0 Å². The number of carbonyl (C=O) groups is 1. The Morgan fingerprint density at radius 1 is 1.17 bits per heavy atom. The second-order valence-corrected chi connectivity index (χ2v) is 6.46. The molecule has 0 spiro atoms. The molecule has 3 aromatic rings. The highest BCUT2D eigenvalue weighted by atomic mass is 32.1. The fourth-order valence-corrected chi connectivity index (χ4v) is 3.52. The predicted octanol–water partition coefficient (Wildman–Crippen LogP) is 3.56. The number of nitrogens with zero attached hydrogens (tertiary/aromatic N) is 3. The molecule has 2 aromatic heterocycles. The average molecular weight is 327 g/mol. The summed E-state index contributed by atoms with van der Waals surface area (Å²) in [6.45, 7) is 5.85. The van der Waals surface area contributed by atoms with Crippen molar-refractivity contribution in [3.05, 3.63) is 52.5 Å². The van der Waals surface area contributed by atoms with E-state index in [4.69, 9.17) is 4.98 Å². The number of amides is 1. The summed E-state index contributed by atoms with van der Waals surface area (Å²) in [4.78, 5) is 20.4. The summed E-state index contributed by atoms with van der Waals surface area (Å²) in [5.74, 6) is 1.10. The van der Waals surface area contributed by atoms with Gasteiger partial charge in [0.15, 0.2) is 0 Å². The number of hydrogen-bond donors (Lipinski definition) is 0. The lowest BCUT2D eigenvalue weighted by atomic mass is 10.3. The summed E-state index contributed by atoms with van der Waals surface area (Å²) in [7, 11) is 0. The van der Waals surface area contributed by atoms with Gasteiger partial charge in [-0.1, -0.05) is 18.2 Å². The zero-order valence-electron chi connectivity index (χ0n) is 13.5. The number of hydrogen-bond acceptors (Lipinski definition) is 3. The molecule has 0 saturated carbocycles. The number of carbonyl (C=O) groups excluding carboxylic acids is 1. The molecule has 2 heterocycles. The molecule has 0 bridgehead atoms. The Morgan fingerprint density at radius 3 is 2.65 bits per heavy atom. The van der Waals surface area contributed by atoms with E-state index in [1.807, 2.05) is 49.1 Å². The number of benzene rings is 1. The molecule has 4 nitrogen and oxygen atoms in total. The first kappa shape index (κ1) is 15.7. The van der Waals surface area contributed by atoms with Crippen molar-refractivity contribution in [1.82, 2.24) is 14.5 Å². The monoisotopic (exact) mass is 327 g/mol. The van der Waals surface area contributed by atoms with Crippen molar-refractivity contribution in [2.24, 2.45) is 0 Å². The molecule has 0 aliphatic carbocycles. The average Bonchev–Trinajstić information content (AvgIpc) is 3.18. The van der Waals surface area contributed by atoms with Crippen LogP contribution in [0, 0.1) is 0 Å². The SMILES string of the molecule is CCN(CC)C(=O)Cn1c(Cc2cccs2)nc2ccccc21. The van der Waals surface area contributed by atoms with Gasteiger partial charge in [0.05, 0.1) is 11.0 Å². The first-order chi connectivity index (χ1) is 11.2. The van der Waals surface area contributed by atoms with Gasteiger partial charge >= 0.3 is 0 Å². The highest BCUT2D eigenvalue weighted by Gasteiger charge is 2.16. The van der Waals surface area contributed by atoms with Crippen molar-refractivity contribution >= 4 is 28.3 Å². The second kappa shape index (κ2) is 6.96. The van der Waals surface area contributed by atoms with E-state index in [9.17, 15) is 4.79 Å². The molecule has 3 rings (SSSR count). The number of likely N-dealkylation sites (N-methyl/N-ethyl adjacent to an activating group) is 1. The number of thiophene rings is 1. The van der Waals surface area contributed by atoms with Gasteiger partial charge in [0, 0.05) is 24.4 Å². The molecule has 0 fully saturated rings. The van der Waals surface area contributed by atoms with Gasteiger partial charge in [-0.2, -0.15) is 0 Å². The van der Waals surface area contributed by atoms with Crippen molar-refractivity contribution < 1.29 is 4.79 Å². The normalized spacial score (nSPS) is 11.0. The van der Waals surface area contributed by atoms with E-state index >= 15 is 0 Å². The van der Waals surface area contributed by atoms with E-state index in [1.54, 1.807) is 11.3 Å². The summed E-state index contributed by atoms with van der Waals surface area (Å²) >= 11 is 1.72. The van der Waals surface area contributed by atoms with Crippen LogP contribution < -0.4 is 0 Å². The minimum Gasteiger partial charge on any atom is -0.342 e. The van der Waals surface area contributed by atoms with E-state index in [1.165, 1.54) is 4.88 Å². The molecule has 1 amide bonds. The van der Waals surface area contributed by atoms with E-state index in [-0.39, 0.29) is 5.91 Å². The molecule has 0 atom stereocenters. The minimum atomic E-state index is 0.144. The second-order valence-electron chi connectivity index (χ2n) is 5.43. The van der Waals surface area contributed by atoms with Crippen LogP contribution >= 0.6 is 11.3 Å². The number of rotatable bonds is 6. The zero-order valence-corrected chi connectivity index (χ0v) is 14.3. The Kier molecular flexibility index (Phi) is 4.76. The van der Waals surface area contributed by atoms with Crippen molar-refractivity contribution in [2.45, 2.75) is 26.8 Å². The van der Waals surface area contributed by atoms with Crippen molar-refractivity contribution in [3.63, 3.8) is 0 Å². The van der Waals surface area contributed by atoms with E-state index in [2.05, 4.69) is 16.0 Å². The Balaban J connectivity index is 1.97. The van der Waals surface area contributed by atoms with Crippen LogP contribution in [0.25, 0.3) is 11.0 Å². The molecule has 23 heavy (non-hydrogen) atoms. The summed E-state index contributed by atoms with van der Waals surface area (Å²) in [6, 6.07) is 12.2. The molecule has 5 heteroatoms. The maximum absolute atomic E-state index is 12.6. The standard InChI is InChI=1S/C18H21N3OS/c1-3-20(4-2)18(22)13-21-16-10-6-5-9-15(16)19-17(21)12-14-8-7-11-23-14/h5-11H,3-4,12-13H2,1-2H3. The summed E-state index contributed by atoms with van der Waals surface area (Å²) in [5.41, 5.74) is 1.98. The molecular weight excluding hydrogens is 306 g/mol. The molecule has 120 valence electrons. The Morgan fingerprint density at radius 2 is 1.96 bits per heavy atom. The number of imidazole rings is 1. The van der Waals surface area contributed by atoms with Gasteiger partial charge in [-0.25, -0.2) is 4.98 Å². The van der Waals surface area contributed by atoms with Crippen molar-refractivity contribution in [3.8, 4) is 0 Å². The molecule has 0 radical (unpaired) electrons. The molecule has 1 aromatic carbocycles. The highest BCUT2D eigenvalue weighted by molar-refractivity contribution is 7.09. The van der Waals surface area contributed by atoms with Crippen LogP contribution in [0.1, 0.15) is 24.5 Å². The number of para-hydroxylation sites is 2. The number of fused-ring (bicyclic) bond motifs is 1. The third-order valence-corrected chi connectivity index (χ3v) is 4.93. The minimum absolute atomic E-state index is 0.144. The Hall–Kier alpha value is -2.14. The lowest BCUT2D eigenvalue weighted by Crippen LogP contribution is -2.33. The van der Waals surface area contributed by atoms with E-state index in [0.717, 1.165) is 36.4 Å². The molecule has 0 N–H and O–H groups in total. The Labute approximate surface area is 140 Å². The fraction of sp³-hybridized carbons (Fsp3) is 0.333. The first-order valence-electron chi connectivity index (χ1n) is 7.97. The van der Waals surface area contributed by atoms with Crippen LogP contribution in [0.5, 0.6) is 0 Å². The largest absolute Gasteiger partial charge is 0.342 e. The maximum atomic E-state index is 12.6. The molecule has 0 unspecified atom stereocenters. The van der Waals surface area contributed by atoms with Crippen LogP contribution in [-0.2, 0) is 17.8 Å². The molecule has 0 saturated heterocycles. The zero-order chi connectivity index (χ0) is 16.2. The lowest BCUT2D eigenvalue weighted by Gasteiger charge is -2.19. The van der Waals surface area contributed by atoms with Gasteiger partial charge in [-0.3, -0.25) is 4.79 Å². The van der Waals surface area contributed by atoms with Gasteiger partial charge in [0.2, 0.25) is 5.91 Å². The molecule has 0 aliphatic heterocycles. The van der Waals surface area contributed by atoms with Gasteiger partial charge in [-0.15, -0.1) is 11.3 Å². The smallest absolute Gasteiger partial charge is 0.242 e. The number of aromatic nitrogens is 2. The summed E-state index contributed by atoms with van der Waals surface area (Å²) in [6.07, 6.45) is 0.762. The molecular formula is C18H21N3OS. The lowest BCUT2D eigenvalue weighted by molar-refractivity contribution is -0.131. The summed E-state index contributed by atoms with van der Waals surface area (Å²) < 4.78 is 2.07. The van der Waals surface area contributed by atoms with Crippen LogP contribution in [0.3, 0.4) is 0 Å². The van der Waals surface area contributed by atoms with Gasteiger partial charge < -0.3 is 9.47 Å². The van der Waals surface area contributed by atoms with E-state index in [0.29, 0.717) is 6.54 Å².